The molecule has 0 aliphatic carbocycles. The molecule has 1 N–H and O–H groups in total. The van der Waals surface area contributed by atoms with Crippen molar-refractivity contribution in [2.24, 2.45) is 0 Å². The second-order valence-corrected chi connectivity index (χ2v) is 11.3. The number of rotatable bonds is 5. The van der Waals surface area contributed by atoms with Gasteiger partial charge in [-0.25, -0.2) is 16.8 Å². The Morgan fingerprint density at radius 1 is 0.806 bits per heavy atom. The van der Waals surface area contributed by atoms with Crippen molar-refractivity contribution in [3.05, 3.63) is 83.4 Å². The Bertz CT molecular complexity index is 1330. The molecule has 6 nitrogen and oxygen atoms in total. The molecular weight excluding hydrogens is 432 g/mol. The molecule has 0 fully saturated rings. The zero-order chi connectivity index (χ0) is 22.2. The van der Waals surface area contributed by atoms with Crippen molar-refractivity contribution in [1.29, 1.82) is 0 Å². The van der Waals surface area contributed by atoms with Gasteiger partial charge < -0.3 is 0 Å². The van der Waals surface area contributed by atoms with Crippen LogP contribution in [0.5, 0.6) is 0 Å². The number of nitrogens with zero attached hydrogens (tertiary/aromatic N) is 1. The Labute approximate surface area is 183 Å². The first-order valence-electron chi connectivity index (χ1n) is 9.99. The Kier molecular flexibility index (Phi) is 5.53. The summed E-state index contributed by atoms with van der Waals surface area (Å²) < 4.78 is 56.2. The van der Waals surface area contributed by atoms with E-state index in [1.54, 1.807) is 54.6 Å². The van der Waals surface area contributed by atoms with Crippen LogP contribution in [0.4, 0.5) is 11.4 Å². The van der Waals surface area contributed by atoms with E-state index in [4.69, 9.17) is 0 Å². The van der Waals surface area contributed by atoms with Gasteiger partial charge in [-0.05, 0) is 74.2 Å². The van der Waals surface area contributed by atoms with Crippen LogP contribution in [0, 0.1) is 13.8 Å². The van der Waals surface area contributed by atoms with Gasteiger partial charge in [0.2, 0.25) is 0 Å². The van der Waals surface area contributed by atoms with E-state index in [1.807, 2.05) is 19.9 Å². The Morgan fingerprint density at radius 2 is 1.55 bits per heavy atom. The quantitative estimate of drug-likeness (QED) is 0.622. The van der Waals surface area contributed by atoms with E-state index in [9.17, 15) is 16.8 Å². The highest BCUT2D eigenvalue weighted by Crippen LogP contribution is 2.34. The third kappa shape index (κ3) is 4.31. The summed E-state index contributed by atoms with van der Waals surface area (Å²) in [4.78, 5) is 0.381. The molecule has 0 aromatic heterocycles. The lowest BCUT2D eigenvalue weighted by atomic mass is 10.0. The first-order valence-corrected chi connectivity index (χ1v) is 12.9. The molecule has 3 aromatic carbocycles. The first kappa shape index (κ1) is 21.4. The molecule has 0 unspecified atom stereocenters. The van der Waals surface area contributed by atoms with Crippen molar-refractivity contribution >= 4 is 31.4 Å². The fraction of sp³-hybridized carbons (Fsp3) is 0.217. The highest BCUT2D eigenvalue weighted by Gasteiger charge is 2.29. The second-order valence-electron chi connectivity index (χ2n) is 7.76. The highest BCUT2D eigenvalue weighted by atomic mass is 32.2. The summed E-state index contributed by atoms with van der Waals surface area (Å²) in [6, 6.07) is 18.4. The molecule has 162 valence electrons. The molecule has 0 spiro atoms. The molecule has 4 rings (SSSR count). The zero-order valence-electron chi connectivity index (χ0n) is 17.4. The minimum Gasteiger partial charge on any atom is -0.280 e. The predicted molar refractivity (Wildman–Crippen MR) is 122 cm³/mol. The lowest BCUT2D eigenvalue weighted by Crippen LogP contribution is -2.35. The molecule has 8 heteroatoms. The van der Waals surface area contributed by atoms with Gasteiger partial charge in [0.25, 0.3) is 20.0 Å². The maximum Gasteiger partial charge on any atom is 0.264 e. The molecule has 1 aliphatic rings. The van der Waals surface area contributed by atoms with Crippen molar-refractivity contribution in [3.8, 4) is 0 Å². The Balaban J connectivity index is 1.71. The summed E-state index contributed by atoms with van der Waals surface area (Å²) in [7, 11) is -7.54. The molecule has 0 atom stereocenters. The summed E-state index contributed by atoms with van der Waals surface area (Å²) in [5.74, 6) is 0. The van der Waals surface area contributed by atoms with Crippen LogP contribution in [0.1, 0.15) is 23.1 Å². The topological polar surface area (TPSA) is 83.6 Å². The van der Waals surface area contributed by atoms with E-state index < -0.39 is 20.0 Å². The number of nitrogens with one attached hydrogen (secondary N) is 1. The van der Waals surface area contributed by atoms with Crippen LogP contribution < -0.4 is 9.03 Å². The number of hydrogen-bond acceptors (Lipinski definition) is 4. The van der Waals surface area contributed by atoms with Crippen molar-refractivity contribution in [2.45, 2.75) is 36.5 Å². The maximum absolute atomic E-state index is 13.3. The Morgan fingerprint density at radius 3 is 2.26 bits per heavy atom. The van der Waals surface area contributed by atoms with Crippen molar-refractivity contribution in [2.75, 3.05) is 15.6 Å². The summed E-state index contributed by atoms with van der Waals surface area (Å²) in [6.45, 7) is 4.07. The van der Waals surface area contributed by atoms with Gasteiger partial charge in [-0.3, -0.25) is 9.03 Å². The van der Waals surface area contributed by atoms with Crippen LogP contribution in [0.3, 0.4) is 0 Å². The van der Waals surface area contributed by atoms with E-state index >= 15 is 0 Å². The van der Waals surface area contributed by atoms with E-state index in [-0.39, 0.29) is 9.79 Å². The lowest BCUT2D eigenvalue weighted by Gasteiger charge is -2.31. The number of hydrogen-bond donors (Lipinski definition) is 1. The summed E-state index contributed by atoms with van der Waals surface area (Å²) in [6.07, 6.45) is 1.44. The summed E-state index contributed by atoms with van der Waals surface area (Å²) in [5, 5.41) is 0. The van der Waals surface area contributed by atoms with Crippen LogP contribution in [0.25, 0.3) is 0 Å². The number of benzene rings is 3. The molecule has 3 aromatic rings. The van der Waals surface area contributed by atoms with Crippen LogP contribution >= 0.6 is 0 Å². The summed E-state index contributed by atoms with van der Waals surface area (Å²) >= 11 is 0. The molecule has 31 heavy (non-hydrogen) atoms. The maximum atomic E-state index is 13.3. The Hall–Kier alpha value is -2.84. The SMILES string of the molecule is Cc1ccc(S(=O)(=O)N2CCCc3ccc(NS(=O)(=O)c4cccc(C)c4)cc32)cc1. The van der Waals surface area contributed by atoms with Crippen molar-refractivity contribution in [3.63, 3.8) is 0 Å². The van der Waals surface area contributed by atoms with Crippen LogP contribution in [-0.2, 0) is 26.5 Å². The number of fused-ring (bicyclic) bond motifs is 1. The monoisotopic (exact) mass is 456 g/mol. The second kappa shape index (κ2) is 8.01. The summed E-state index contributed by atoms with van der Waals surface area (Å²) in [5.41, 5.74) is 3.53. The highest BCUT2D eigenvalue weighted by molar-refractivity contribution is 7.93. The third-order valence-electron chi connectivity index (χ3n) is 5.32. The molecule has 1 heterocycles. The number of anilines is 2. The average Bonchev–Trinajstić information content (AvgIpc) is 2.73. The fourth-order valence-corrected chi connectivity index (χ4v) is 6.37. The van der Waals surface area contributed by atoms with Gasteiger partial charge in [-0.1, -0.05) is 35.9 Å². The molecular formula is C23H24N2O4S2. The van der Waals surface area contributed by atoms with E-state index in [1.165, 1.54) is 10.4 Å². The molecule has 1 aliphatic heterocycles. The van der Waals surface area contributed by atoms with Crippen LogP contribution in [-0.4, -0.2) is 23.4 Å². The lowest BCUT2D eigenvalue weighted by molar-refractivity contribution is 0.586. The minimum atomic E-state index is -3.79. The molecule has 0 bridgehead atoms. The van der Waals surface area contributed by atoms with Gasteiger partial charge in [0, 0.05) is 6.54 Å². The first-order chi connectivity index (χ1) is 14.7. The van der Waals surface area contributed by atoms with Gasteiger partial charge in [-0.2, -0.15) is 0 Å². The molecule has 0 amide bonds. The number of aryl methyl sites for hydroxylation is 3. The van der Waals surface area contributed by atoms with Gasteiger partial charge >= 0.3 is 0 Å². The van der Waals surface area contributed by atoms with Gasteiger partial charge in [0.1, 0.15) is 0 Å². The van der Waals surface area contributed by atoms with E-state index in [0.717, 1.165) is 23.1 Å². The van der Waals surface area contributed by atoms with Gasteiger partial charge in [-0.15, -0.1) is 0 Å². The normalized spacial score (nSPS) is 14.2. The zero-order valence-corrected chi connectivity index (χ0v) is 19.0. The smallest absolute Gasteiger partial charge is 0.264 e. The van der Waals surface area contributed by atoms with Gasteiger partial charge in [0.15, 0.2) is 0 Å². The average molecular weight is 457 g/mol. The van der Waals surface area contributed by atoms with Crippen molar-refractivity contribution in [1.82, 2.24) is 0 Å². The van der Waals surface area contributed by atoms with Gasteiger partial charge in [0.05, 0.1) is 21.2 Å². The minimum absolute atomic E-state index is 0.161. The largest absolute Gasteiger partial charge is 0.280 e. The van der Waals surface area contributed by atoms with Crippen molar-refractivity contribution < 1.29 is 16.8 Å². The molecule has 0 saturated carbocycles. The molecule has 0 radical (unpaired) electrons. The number of sulfonamides is 2. The van der Waals surface area contributed by atoms with Crippen LogP contribution in [0.2, 0.25) is 0 Å². The van der Waals surface area contributed by atoms with E-state index in [0.29, 0.717) is 24.3 Å². The fourth-order valence-electron chi connectivity index (χ4n) is 3.69. The van der Waals surface area contributed by atoms with Crippen LogP contribution in [0.15, 0.2) is 76.5 Å². The predicted octanol–water partition coefficient (Wildman–Crippen LogP) is 4.25. The third-order valence-corrected chi connectivity index (χ3v) is 8.53. The molecule has 0 saturated heterocycles. The van der Waals surface area contributed by atoms with E-state index in [2.05, 4.69) is 4.72 Å². The standard InChI is InChI=1S/C23H24N2O4S2/c1-17-8-12-21(13-9-17)31(28,29)25-14-4-6-19-10-11-20(16-23(19)25)24-30(26,27)22-7-3-5-18(2)15-22/h3,5,7-13,15-16,24H,4,6,14H2,1-2H3.